The Labute approximate surface area is 131 Å². The average Bonchev–Trinajstić information content (AvgIpc) is 2.47. The summed E-state index contributed by atoms with van der Waals surface area (Å²) < 4.78 is 0. The number of hydrogen-bond acceptors (Lipinski definition) is 1. The van der Waals surface area contributed by atoms with Crippen LogP contribution in [0.1, 0.15) is 37.3 Å². The van der Waals surface area contributed by atoms with Crippen LogP contribution in [0.3, 0.4) is 0 Å². The van der Waals surface area contributed by atoms with Crippen LogP contribution in [0.4, 0.5) is 5.69 Å². The first-order chi connectivity index (χ1) is 10.0. The molecule has 0 saturated heterocycles. The molecular formula is C18H20ClNO. The Bertz CT molecular complexity index is 588. The maximum atomic E-state index is 11.9. The van der Waals surface area contributed by atoms with E-state index in [2.05, 4.69) is 31.3 Å². The van der Waals surface area contributed by atoms with E-state index in [4.69, 9.17) is 11.6 Å². The summed E-state index contributed by atoms with van der Waals surface area (Å²) >= 11 is 5.84. The van der Waals surface area contributed by atoms with Crippen LogP contribution in [0.5, 0.6) is 0 Å². The largest absolute Gasteiger partial charge is 0.326 e. The first kappa shape index (κ1) is 15.6. The maximum absolute atomic E-state index is 11.9. The fourth-order valence-corrected chi connectivity index (χ4v) is 2.21. The van der Waals surface area contributed by atoms with E-state index in [9.17, 15) is 4.79 Å². The third kappa shape index (κ3) is 4.91. The number of nitrogens with one attached hydrogen (secondary N) is 1. The number of carbonyl (C=O) groups excluding carboxylic acids is 1. The van der Waals surface area contributed by atoms with Crippen molar-refractivity contribution in [2.75, 3.05) is 5.32 Å². The molecule has 110 valence electrons. The second kappa shape index (κ2) is 7.28. The molecule has 0 spiro atoms. The van der Waals surface area contributed by atoms with Gasteiger partial charge in [-0.05, 0) is 47.7 Å². The molecule has 2 nitrogen and oxygen atoms in total. The highest BCUT2D eigenvalue weighted by Crippen LogP contribution is 2.17. The predicted octanol–water partition coefficient (Wildman–Crippen LogP) is 5.03. The van der Waals surface area contributed by atoms with Gasteiger partial charge in [0.2, 0.25) is 5.91 Å². The van der Waals surface area contributed by atoms with Crippen LogP contribution in [0, 0.1) is 0 Å². The summed E-state index contributed by atoms with van der Waals surface area (Å²) in [7, 11) is 0. The van der Waals surface area contributed by atoms with Gasteiger partial charge in [0.05, 0.1) is 0 Å². The lowest BCUT2D eigenvalue weighted by molar-refractivity contribution is -0.116. The highest BCUT2D eigenvalue weighted by Gasteiger charge is 2.04. The molecular weight excluding hydrogens is 282 g/mol. The Morgan fingerprint density at radius 1 is 1.05 bits per heavy atom. The van der Waals surface area contributed by atoms with E-state index in [1.54, 1.807) is 0 Å². The molecule has 0 heterocycles. The monoisotopic (exact) mass is 301 g/mol. The van der Waals surface area contributed by atoms with Gasteiger partial charge in [-0.15, -0.1) is 0 Å². The van der Waals surface area contributed by atoms with Gasteiger partial charge in [0.15, 0.2) is 0 Å². The average molecular weight is 302 g/mol. The molecule has 2 aromatic carbocycles. The Hall–Kier alpha value is -1.80. The first-order valence-corrected chi connectivity index (χ1v) is 7.56. The van der Waals surface area contributed by atoms with Crippen molar-refractivity contribution in [2.24, 2.45) is 0 Å². The van der Waals surface area contributed by atoms with Crippen LogP contribution < -0.4 is 5.32 Å². The highest BCUT2D eigenvalue weighted by atomic mass is 35.5. The highest BCUT2D eigenvalue weighted by molar-refractivity contribution is 6.30. The van der Waals surface area contributed by atoms with Crippen LogP contribution >= 0.6 is 11.6 Å². The summed E-state index contributed by atoms with van der Waals surface area (Å²) in [5.74, 6) is 0.530. The van der Waals surface area contributed by atoms with Gasteiger partial charge in [0.1, 0.15) is 0 Å². The van der Waals surface area contributed by atoms with Gasteiger partial charge in [-0.2, -0.15) is 0 Å². The number of benzene rings is 2. The van der Waals surface area contributed by atoms with Crippen LogP contribution in [0.15, 0.2) is 48.5 Å². The number of rotatable bonds is 5. The normalized spacial score (nSPS) is 10.7. The van der Waals surface area contributed by atoms with Crippen molar-refractivity contribution >= 4 is 23.2 Å². The SMILES string of the molecule is CC(C)c1ccc(NC(=O)CCc2ccc(Cl)cc2)cc1. The molecule has 21 heavy (non-hydrogen) atoms. The second-order valence-electron chi connectivity index (χ2n) is 5.45. The van der Waals surface area contributed by atoms with E-state index in [-0.39, 0.29) is 5.91 Å². The second-order valence-corrected chi connectivity index (χ2v) is 5.89. The summed E-state index contributed by atoms with van der Waals surface area (Å²) in [6.07, 6.45) is 1.18. The minimum atomic E-state index is 0.0299. The first-order valence-electron chi connectivity index (χ1n) is 7.19. The van der Waals surface area contributed by atoms with Crippen molar-refractivity contribution < 1.29 is 4.79 Å². The van der Waals surface area contributed by atoms with E-state index in [1.807, 2.05) is 36.4 Å². The third-order valence-electron chi connectivity index (χ3n) is 3.42. The molecule has 2 aromatic rings. The summed E-state index contributed by atoms with van der Waals surface area (Å²) in [5, 5.41) is 3.64. The summed E-state index contributed by atoms with van der Waals surface area (Å²) in [6, 6.07) is 15.6. The summed E-state index contributed by atoms with van der Waals surface area (Å²) in [5.41, 5.74) is 3.24. The maximum Gasteiger partial charge on any atom is 0.224 e. The van der Waals surface area contributed by atoms with Crippen molar-refractivity contribution in [1.29, 1.82) is 0 Å². The fraction of sp³-hybridized carbons (Fsp3) is 0.278. The molecule has 0 aliphatic rings. The van der Waals surface area contributed by atoms with E-state index < -0.39 is 0 Å². The Morgan fingerprint density at radius 2 is 1.67 bits per heavy atom. The smallest absolute Gasteiger partial charge is 0.224 e. The van der Waals surface area contributed by atoms with E-state index >= 15 is 0 Å². The lowest BCUT2D eigenvalue weighted by Crippen LogP contribution is -2.12. The zero-order chi connectivity index (χ0) is 15.2. The standard InChI is InChI=1S/C18H20ClNO/c1-13(2)15-6-10-17(11-7-15)20-18(21)12-5-14-3-8-16(19)9-4-14/h3-4,6-11,13H,5,12H2,1-2H3,(H,20,21). The molecule has 0 atom stereocenters. The van der Waals surface area contributed by atoms with Crippen LogP contribution in [-0.4, -0.2) is 5.91 Å². The number of halogens is 1. The van der Waals surface area contributed by atoms with Gasteiger partial charge in [-0.3, -0.25) is 4.79 Å². The number of carbonyl (C=O) groups is 1. The number of amides is 1. The van der Waals surface area contributed by atoms with Gasteiger partial charge in [-0.1, -0.05) is 49.7 Å². The van der Waals surface area contributed by atoms with Crippen LogP contribution in [0.25, 0.3) is 0 Å². The number of hydrogen-bond donors (Lipinski definition) is 1. The van der Waals surface area contributed by atoms with Gasteiger partial charge >= 0.3 is 0 Å². The van der Waals surface area contributed by atoms with Gasteiger partial charge in [-0.25, -0.2) is 0 Å². The number of aryl methyl sites for hydroxylation is 1. The molecule has 0 fully saturated rings. The minimum absolute atomic E-state index is 0.0299. The lowest BCUT2D eigenvalue weighted by atomic mass is 10.0. The zero-order valence-electron chi connectivity index (χ0n) is 12.4. The quantitative estimate of drug-likeness (QED) is 0.824. The van der Waals surface area contributed by atoms with Gasteiger partial charge in [0.25, 0.3) is 0 Å². The molecule has 0 aliphatic heterocycles. The van der Waals surface area contributed by atoms with Gasteiger partial charge in [0, 0.05) is 17.1 Å². The van der Waals surface area contributed by atoms with Crippen molar-refractivity contribution in [3.63, 3.8) is 0 Å². The molecule has 3 heteroatoms. The fourth-order valence-electron chi connectivity index (χ4n) is 2.08. The molecule has 0 saturated carbocycles. The zero-order valence-corrected chi connectivity index (χ0v) is 13.2. The van der Waals surface area contributed by atoms with E-state index in [0.29, 0.717) is 23.8 Å². The Balaban J connectivity index is 1.85. The van der Waals surface area contributed by atoms with Crippen molar-refractivity contribution in [3.8, 4) is 0 Å². The van der Waals surface area contributed by atoms with Gasteiger partial charge < -0.3 is 5.32 Å². The molecule has 0 unspecified atom stereocenters. The number of anilines is 1. The molecule has 0 bridgehead atoms. The molecule has 0 aromatic heterocycles. The predicted molar refractivity (Wildman–Crippen MR) is 88.9 cm³/mol. The third-order valence-corrected chi connectivity index (χ3v) is 3.67. The lowest BCUT2D eigenvalue weighted by Gasteiger charge is -2.08. The topological polar surface area (TPSA) is 29.1 Å². The van der Waals surface area contributed by atoms with E-state index in [1.165, 1.54) is 5.56 Å². The molecule has 0 aliphatic carbocycles. The molecule has 2 rings (SSSR count). The molecule has 0 radical (unpaired) electrons. The molecule has 1 amide bonds. The van der Waals surface area contributed by atoms with Crippen molar-refractivity contribution in [2.45, 2.75) is 32.6 Å². The van der Waals surface area contributed by atoms with Crippen LogP contribution in [0.2, 0.25) is 5.02 Å². The molecule has 1 N–H and O–H groups in total. The van der Waals surface area contributed by atoms with Crippen molar-refractivity contribution in [1.82, 2.24) is 0 Å². The van der Waals surface area contributed by atoms with Crippen molar-refractivity contribution in [3.05, 3.63) is 64.7 Å². The van der Waals surface area contributed by atoms with Crippen LogP contribution in [-0.2, 0) is 11.2 Å². The Morgan fingerprint density at radius 3 is 2.24 bits per heavy atom. The Kier molecular flexibility index (Phi) is 5.40. The summed E-state index contributed by atoms with van der Waals surface area (Å²) in [6.45, 7) is 4.30. The van der Waals surface area contributed by atoms with E-state index in [0.717, 1.165) is 11.3 Å². The summed E-state index contributed by atoms with van der Waals surface area (Å²) in [4.78, 5) is 11.9. The minimum Gasteiger partial charge on any atom is -0.326 e.